The Kier molecular flexibility index (Phi) is 16.2. The summed E-state index contributed by atoms with van der Waals surface area (Å²) >= 11 is 0. The lowest BCUT2D eigenvalue weighted by Gasteiger charge is -2.03. The molecule has 0 spiro atoms. The molecule has 0 saturated heterocycles. The molecule has 0 aromatic rings. The maximum absolute atomic E-state index is 3.68. The molecule has 0 amide bonds. The molecule has 0 saturated carbocycles. The number of hydrogen-bond acceptors (Lipinski definition) is 0. The number of hydrogen-bond donors (Lipinski definition) is 0. The van der Waals surface area contributed by atoms with Gasteiger partial charge in [-0.2, -0.15) is 0 Å². The van der Waals surface area contributed by atoms with Crippen molar-refractivity contribution in [2.45, 2.75) is 66.2 Å². The van der Waals surface area contributed by atoms with Crippen molar-refractivity contribution in [2.24, 2.45) is 11.8 Å². The quantitative estimate of drug-likeness (QED) is 0.444. The van der Waals surface area contributed by atoms with Crippen LogP contribution < -0.4 is 0 Å². The van der Waals surface area contributed by atoms with E-state index in [1.165, 1.54) is 38.5 Å². The fourth-order valence-electron chi connectivity index (χ4n) is 1.50. The van der Waals surface area contributed by atoms with Crippen LogP contribution in [-0.2, 0) is 0 Å². The van der Waals surface area contributed by atoms with E-state index in [1.807, 2.05) is 12.2 Å². The Hall–Kier alpha value is -0.520. The van der Waals surface area contributed by atoms with E-state index < -0.39 is 0 Å². The minimum atomic E-state index is 0.845. The molecule has 0 aliphatic heterocycles. The summed E-state index contributed by atoms with van der Waals surface area (Å²) in [5.74, 6) is 1.73. The SMILES string of the molecule is C=CCC(C)CCC.C=CCCC(C)CC. The predicted molar refractivity (Wildman–Crippen MR) is 77.8 cm³/mol. The second kappa shape index (κ2) is 14.5. The zero-order valence-electron chi connectivity index (χ0n) is 12.0. The predicted octanol–water partition coefficient (Wildman–Crippen LogP) is 6.00. The Balaban J connectivity index is 0. The Morgan fingerprint density at radius 3 is 1.94 bits per heavy atom. The van der Waals surface area contributed by atoms with E-state index >= 15 is 0 Å². The largest absolute Gasteiger partial charge is 0.103 e. The molecule has 0 aliphatic rings. The summed E-state index contributed by atoms with van der Waals surface area (Å²) < 4.78 is 0. The van der Waals surface area contributed by atoms with Gasteiger partial charge in [0.2, 0.25) is 0 Å². The Morgan fingerprint density at radius 1 is 0.938 bits per heavy atom. The molecule has 2 unspecified atom stereocenters. The summed E-state index contributed by atoms with van der Waals surface area (Å²) in [6.07, 6.45) is 11.6. The first-order valence-electron chi connectivity index (χ1n) is 6.83. The molecule has 0 N–H and O–H groups in total. The van der Waals surface area contributed by atoms with Gasteiger partial charge in [-0.1, -0.05) is 59.1 Å². The highest BCUT2D eigenvalue weighted by Gasteiger charge is 1.94. The van der Waals surface area contributed by atoms with Gasteiger partial charge < -0.3 is 0 Å². The van der Waals surface area contributed by atoms with Crippen LogP contribution in [0.4, 0.5) is 0 Å². The van der Waals surface area contributed by atoms with Crippen LogP contribution in [0.3, 0.4) is 0 Å². The van der Waals surface area contributed by atoms with Crippen LogP contribution in [0, 0.1) is 11.8 Å². The standard InChI is InChI=1S/2C8H16/c1-4-6-7-8(3)5-2;1-4-6-8(3)7-5-2/h2*4,8H,1,5-7H2,2-3H3. The Bertz CT molecular complexity index is 146. The minimum absolute atomic E-state index is 0.845. The molecule has 0 fully saturated rings. The lowest BCUT2D eigenvalue weighted by molar-refractivity contribution is 0.522. The fraction of sp³-hybridized carbons (Fsp3) is 0.750. The Labute approximate surface area is 104 Å². The van der Waals surface area contributed by atoms with Crippen molar-refractivity contribution in [2.75, 3.05) is 0 Å². The highest BCUT2D eigenvalue weighted by Crippen LogP contribution is 2.09. The second-order valence-electron chi connectivity index (χ2n) is 4.80. The minimum Gasteiger partial charge on any atom is -0.103 e. The fourth-order valence-corrected chi connectivity index (χ4v) is 1.50. The molecule has 0 aromatic heterocycles. The van der Waals surface area contributed by atoms with Crippen LogP contribution in [0.1, 0.15) is 66.2 Å². The zero-order chi connectivity index (χ0) is 12.8. The van der Waals surface area contributed by atoms with E-state index in [1.54, 1.807) is 0 Å². The van der Waals surface area contributed by atoms with Gasteiger partial charge in [0.05, 0.1) is 0 Å². The summed E-state index contributed by atoms with van der Waals surface area (Å²) in [6.45, 7) is 16.4. The third kappa shape index (κ3) is 15.9. The average Bonchev–Trinajstić information content (AvgIpc) is 2.27. The van der Waals surface area contributed by atoms with Crippen molar-refractivity contribution in [1.29, 1.82) is 0 Å². The summed E-state index contributed by atoms with van der Waals surface area (Å²) in [6, 6.07) is 0. The molecule has 0 radical (unpaired) electrons. The van der Waals surface area contributed by atoms with E-state index in [-0.39, 0.29) is 0 Å². The highest BCUT2D eigenvalue weighted by atomic mass is 14.0. The molecule has 0 aromatic carbocycles. The molecule has 0 heteroatoms. The van der Waals surface area contributed by atoms with Crippen LogP contribution in [0.2, 0.25) is 0 Å². The lowest BCUT2D eigenvalue weighted by atomic mass is 10.0. The van der Waals surface area contributed by atoms with Gasteiger partial charge in [0.15, 0.2) is 0 Å². The van der Waals surface area contributed by atoms with Gasteiger partial charge in [0.1, 0.15) is 0 Å². The van der Waals surface area contributed by atoms with E-state index in [2.05, 4.69) is 40.9 Å². The maximum Gasteiger partial charge on any atom is -0.0328 e. The molecule has 0 nitrogen and oxygen atoms in total. The smallest absolute Gasteiger partial charge is 0.0328 e. The normalized spacial score (nSPS) is 13.2. The summed E-state index contributed by atoms with van der Waals surface area (Å²) in [7, 11) is 0. The van der Waals surface area contributed by atoms with E-state index in [0.29, 0.717) is 0 Å². The van der Waals surface area contributed by atoms with Gasteiger partial charge in [0.25, 0.3) is 0 Å². The topological polar surface area (TPSA) is 0 Å². The van der Waals surface area contributed by atoms with Crippen molar-refractivity contribution in [1.82, 2.24) is 0 Å². The van der Waals surface area contributed by atoms with E-state index in [4.69, 9.17) is 0 Å². The van der Waals surface area contributed by atoms with Crippen molar-refractivity contribution in [3.63, 3.8) is 0 Å². The molecular formula is C16H32. The van der Waals surface area contributed by atoms with E-state index in [9.17, 15) is 0 Å². The van der Waals surface area contributed by atoms with Crippen LogP contribution in [-0.4, -0.2) is 0 Å². The summed E-state index contributed by atoms with van der Waals surface area (Å²) in [5, 5.41) is 0. The monoisotopic (exact) mass is 224 g/mol. The van der Waals surface area contributed by atoms with E-state index in [0.717, 1.165) is 11.8 Å². The third-order valence-electron chi connectivity index (χ3n) is 2.91. The lowest BCUT2D eigenvalue weighted by Crippen LogP contribution is -1.89. The molecule has 0 heterocycles. The van der Waals surface area contributed by atoms with Crippen molar-refractivity contribution in [3.05, 3.63) is 25.3 Å². The van der Waals surface area contributed by atoms with Crippen LogP contribution >= 0.6 is 0 Å². The van der Waals surface area contributed by atoms with Crippen molar-refractivity contribution in [3.8, 4) is 0 Å². The van der Waals surface area contributed by atoms with Crippen molar-refractivity contribution < 1.29 is 0 Å². The third-order valence-corrected chi connectivity index (χ3v) is 2.91. The first-order valence-corrected chi connectivity index (χ1v) is 6.83. The molecule has 0 aliphatic carbocycles. The molecule has 96 valence electrons. The van der Waals surface area contributed by atoms with Crippen molar-refractivity contribution >= 4 is 0 Å². The van der Waals surface area contributed by atoms with Crippen LogP contribution in [0.5, 0.6) is 0 Å². The van der Waals surface area contributed by atoms with Crippen LogP contribution in [0.25, 0.3) is 0 Å². The van der Waals surface area contributed by atoms with Gasteiger partial charge >= 0.3 is 0 Å². The molecule has 2 atom stereocenters. The van der Waals surface area contributed by atoms with Gasteiger partial charge in [-0.05, 0) is 31.1 Å². The molecule has 0 bridgehead atoms. The molecule has 16 heavy (non-hydrogen) atoms. The summed E-state index contributed by atoms with van der Waals surface area (Å²) in [5.41, 5.74) is 0. The highest BCUT2D eigenvalue weighted by molar-refractivity contribution is 4.69. The summed E-state index contributed by atoms with van der Waals surface area (Å²) in [4.78, 5) is 0. The maximum atomic E-state index is 3.68. The number of rotatable bonds is 8. The Morgan fingerprint density at radius 2 is 1.56 bits per heavy atom. The van der Waals surface area contributed by atoms with Gasteiger partial charge in [-0.3, -0.25) is 0 Å². The average molecular weight is 224 g/mol. The van der Waals surface area contributed by atoms with Gasteiger partial charge in [-0.25, -0.2) is 0 Å². The van der Waals surface area contributed by atoms with Gasteiger partial charge in [-0.15, -0.1) is 13.2 Å². The number of allylic oxidation sites excluding steroid dienone is 2. The second-order valence-corrected chi connectivity index (χ2v) is 4.80. The first kappa shape index (κ1) is 17.9. The first-order chi connectivity index (χ1) is 7.62. The molecular weight excluding hydrogens is 192 g/mol. The van der Waals surface area contributed by atoms with Gasteiger partial charge in [0, 0.05) is 0 Å². The zero-order valence-corrected chi connectivity index (χ0v) is 12.0. The van der Waals surface area contributed by atoms with Crippen LogP contribution in [0.15, 0.2) is 25.3 Å². The molecule has 0 rings (SSSR count).